The van der Waals surface area contributed by atoms with E-state index >= 15 is 0 Å². The summed E-state index contributed by atoms with van der Waals surface area (Å²) in [5, 5.41) is 0.435. The Labute approximate surface area is 176 Å². The van der Waals surface area contributed by atoms with Crippen LogP contribution in [0.3, 0.4) is 0 Å². The second kappa shape index (κ2) is 9.28. The van der Waals surface area contributed by atoms with Gasteiger partial charge in [0.2, 0.25) is 5.95 Å². The highest BCUT2D eigenvalue weighted by molar-refractivity contribution is 7.99. The molecule has 3 heterocycles. The fourth-order valence-electron chi connectivity index (χ4n) is 3.04. The Morgan fingerprint density at radius 2 is 1.97 bits per heavy atom. The monoisotopic (exact) mass is 430 g/mol. The zero-order valence-corrected chi connectivity index (χ0v) is 17.0. The Balaban J connectivity index is 1.28. The Hall–Kier alpha value is -2.89. The van der Waals surface area contributed by atoms with Crippen molar-refractivity contribution in [2.45, 2.75) is 5.16 Å². The number of aromatic amines is 2. The lowest BCUT2D eigenvalue weighted by Gasteiger charge is -2.26. The van der Waals surface area contributed by atoms with Gasteiger partial charge in [0.1, 0.15) is 12.4 Å². The van der Waals surface area contributed by atoms with Crippen molar-refractivity contribution >= 4 is 34.7 Å². The highest BCUT2D eigenvalue weighted by Crippen LogP contribution is 2.19. The topological polar surface area (TPSA) is 139 Å². The molecule has 0 atom stereocenters. The third-order valence-electron chi connectivity index (χ3n) is 4.65. The first-order chi connectivity index (χ1) is 14.6. The van der Waals surface area contributed by atoms with Gasteiger partial charge in [-0.1, -0.05) is 11.8 Å². The van der Waals surface area contributed by atoms with E-state index in [1.54, 1.807) is 24.3 Å². The van der Waals surface area contributed by atoms with Crippen molar-refractivity contribution in [1.29, 1.82) is 0 Å². The number of ether oxygens (including phenoxy) is 2. The van der Waals surface area contributed by atoms with Gasteiger partial charge in [-0.25, -0.2) is 4.98 Å². The average molecular weight is 430 g/mol. The van der Waals surface area contributed by atoms with Gasteiger partial charge < -0.3 is 20.2 Å². The molecule has 0 spiro atoms. The Kier molecular flexibility index (Phi) is 6.31. The molecule has 0 radical (unpaired) electrons. The molecule has 30 heavy (non-hydrogen) atoms. The van der Waals surface area contributed by atoms with Crippen LogP contribution in [0.15, 0.2) is 34.2 Å². The van der Waals surface area contributed by atoms with Crippen molar-refractivity contribution in [2.75, 3.05) is 50.9 Å². The number of nitrogens with zero attached hydrogens (tertiary/aromatic N) is 3. The van der Waals surface area contributed by atoms with E-state index in [0.717, 1.165) is 38.6 Å². The largest absolute Gasteiger partial charge is 0.492 e. The number of Topliss-reactive ketones (excluding diaryl/α,β-unsaturated/α-hetero) is 1. The van der Waals surface area contributed by atoms with Crippen LogP contribution in [0.4, 0.5) is 5.95 Å². The molecule has 158 valence electrons. The molecule has 1 fully saturated rings. The first-order valence-corrected chi connectivity index (χ1v) is 10.5. The molecule has 0 saturated carbocycles. The number of nitrogen functional groups attached to an aromatic ring is 1. The molecule has 1 aliphatic heterocycles. The molecule has 0 amide bonds. The number of carbonyl (C=O) groups is 1. The Morgan fingerprint density at radius 1 is 1.20 bits per heavy atom. The van der Waals surface area contributed by atoms with Crippen LogP contribution in [0.25, 0.3) is 11.2 Å². The van der Waals surface area contributed by atoms with E-state index in [0.29, 0.717) is 17.3 Å². The number of nitrogens with one attached hydrogen (secondary N) is 2. The highest BCUT2D eigenvalue weighted by Gasteiger charge is 2.13. The maximum Gasteiger partial charge on any atom is 0.278 e. The first kappa shape index (κ1) is 20.4. The number of H-pyrrole nitrogens is 2. The first-order valence-electron chi connectivity index (χ1n) is 9.53. The van der Waals surface area contributed by atoms with Crippen LogP contribution in [0.1, 0.15) is 10.4 Å². The predicted octanol–water partition coefficient (Wildman–Crippen LogP) is 0.914. The minimum absolute atomic E-state index is 0.00104. The predicted molar refractivity (Wildman–Crippen MR) is 113 cm³/mol. The summed E-state index contributed by atoms with van der Waals surface area (Å²) >= 11 is 1.20. The molecule has 1 saturated heterocycles. The Morgan fingerprint density at radius 3 is 2.73 bits per heavy atom. The number of ketones is 1. The van der Waals surface area contributed by atoms with Crippen LogP contribution in [0.5, 0.6) is 5.75 Å². The van der Waals surface area contributed by atoms with Crippen molar-refractivity contribution in [2.24, 2.45) is 0 Å². The van der Waals surface area contributed by atoms with Crippen LogP contribution >= 0.6 is 11.8 Å². The summed E-state index contributed by atoms with van der Waals surface area (Å²) in [5.41, 5.74) is 6.16. The van der Waals surface area contributed by atoms with Crippen molar-refractivity contribution in [1.82, 2.24) is 24.8 Å². The number of anilines is 1. The summed E-state index contributed by atoms with van der Waals surface area (Å²) in [7, 11) is 0. The quantitative estimate of drug-likeness (QED) is 0.351. The van der Waals surface area contributed by atoms with Gasteiger partial charge in [-0.2, -0.15) is 4.98 Å². The van der Waals surface area contributed by atoms with E-state index in [-0.39, 0.29) is 28.6 Å². The number of imidazole rings is 1. The zero-order valence-electron chi connectivity index (χ0n) is 16.2. The molecular formula is C19H22N6O4S. The van der Waals surface area contributed by atoms with Crippen LogP contribution in [0, 0.1) is 0 Å². The molecule has 0 bridgehead atoms. The minimum Gasteiger partial charge on any atom is -0.492 e. The van der Waals surface area contributed by atoms with Gasteiger partial charge in [0.15, 0.2) is 22.1 Å². The van der Waals surface area contributed by atoms with Crippen molar-refractivity contribution in [3.05, 3.63) is 40.2 Å². The third kappa shape index (κ3) is 4.99. The fourth-order valence-corrected chi connectivity index (χ4v) is 3.80. The Bertz CT molecular complexity index is 1070. The average Bonchev–Trinajstić information content (AvgIpc) is 3.16. The molecule has 1 aliphatic rings. The molecule has 2 aromatic heterocycles. The second-order valence-corrected chi connectivity index (χ2v) is 7.69. The molecular weight excluding hydrogens is 408 g/mol. The lowest BCUT2D eigenvalue weighted by atomic mass is 10.1. The van der Waals surface area contributed by atoms with Crippen molar-refractivity contribution < 1.29 is 14.3 Å². The van der Waals surface area contributed by atoms with Gasteiger partial charge in [-0.15, -0.1) is 0 Å². The van der Waals surface area contributed by atoms with E-state index in [1.807, 2.05) is 0 Å². The summed E-state index contributed by atoms with van der Waals surface area (Å²) in [6.07, 6.45) is 0. The maximum atomic E-state index is 12.5. The normalized spacial score (nSPS) is 14.8. The van der Waals surface area contributed by atoms with Crippen LogP contribution in [-0.2, 0) is 4.74 Å². The van der Waals surface area contributed by atoms with Gasteiger partial charge in [0.25, 0.3) is 5.56 Å². The number of hydrogen-bond donors (Lipinski definition) is 3. The number of nitrogens with two attached hydrogens (primary N) is 1. The number of fused-ring (bicyclic) bond motifs is 1. The molecule has 4 rings (SSSR count). The standard InChI is InChI=1S/C19H22N6O4S/c20-18-22-16-15(17(27)24-18)21-19(23-16)30-11-14(26)12-1-3-13(4-2-12)29-10-7-25-5-8-28-9-6-25/h1-4H,5-11H2,(H4,20,21,22,23,24,27). The maximum absolute atomic E-state index is 12.5. The molecule has 10 nitrogen and oxygen atoms in total. The van der Waals surface area contributed by atoms with Gasteiger partial charge >= 0.3 is 0 Å². The van der Waals surface area contributed by atoms with E-state index in [4.69, 9.17) is 15.2 Å². The van der Waals surface area contributed by atoms with Crippen molar-refractivity contribution in [3.8, 4) is 5.75 Å². The van der Waals surface area contributed by atoms with Gasteiger partial charge in [0.05, 0.1) is 19.0 Å². The lowest BCUT2D eigenvalue weighted by molar-refractivity contribution is 0.0322. The van der Waals surface area contributed by atoms with E-state index in [1.165, 1.54) is 11.8 Å². The molecule has 0 aliphatic carbocycles. The van der Waals surface area contributed by atoms with E-state index in [2.05, 4.69) is 24.8 Å². The SMILES string of the molecule is Nc1nc2nc(SCC(=O)c3ccc(OCCN4CCOCC4)cc3)[nH]c2c(=O)[nH]1. The number of morpholine rings is 1. The van der Waals surface area contributed by atoms with Gasteiger partial charge in [0, 0.05) is 25.2 Å². The summed E-state index contributed by atoms with van der Waals surface area (Å²) in [5.74, 6) is 0.845. The number of rotatable bonds is 8. The number of carbonyl (C=O) groups excluding carboxylic acids is 1. The summed E-state index contributed by atoms with van der Waals surface area (Å²) in [4.78, 5) is 40.0. The fraction of sp³-hybridized carbons (Fsp3) is 0.368. The molecule has 1 aromatic carbocycles. The van der Waals surface area contributed by atoms with E-state index in [9.17, 15) is 9.59 Å². The summed E-state index contributed by atoms with van der Waals surface area (Å²) in [6, 6.07) is 7.09. The number of hydrogen-bond acceptors (Lipinski definition) is 9. The summed E-state index contributed by atoms with van der Waals surface area (Å²) < 4.78 is 11.1. The molecule has 3 aromatic rings. The molecule has 0 unspecified atom stereocenters. The van der Waals surface area contributed by atoms with Crippen LogP contribution in [0.2, 0.25) is 0 Å². The van der Waals surface area contributed by atoms with Gasteiger partial charge in [-0.3, -0.25) is 19.5 Å². The zero-order chi connectivity index (χ0) is 20.9. The molecule has 4 N–H and O–H groups in total. The smallest absolute Gasteiger partial charge is 0.278 e. The van der Waals surface area contributed by atoms with Gasteiger partial charge in [-0.05, 0) is 24.3 Å². The second-order valence-electron chi connectivity index (χ2n) is 6.73. The van der Waals surface area contributed by atoms with Crippen molar-refractivity contribution in [3.63, 3.8) is 0 Å². The number of benzene rings is 1. The lowest BCUT2D eigenvalue weighted by Crippen LogP contribution is -2.38. The number of thioether (sulfide) groups is 1. The highest BCUT2D eigenvalue weighted by atomic mass is 32.2. The molecule has 11 heteroatoms. The third-order valence-corrected chi connectivity index (χ3v) is 5.53. The van der Waals surface area contributed by atoms with Crippen LogP contribution < -0.4 is 16.0 Å². The van der Waals surface area contributed by atoms with Crippen LogP contribution in [-0.4, -0.2) is 75.8 Å². The minimum atomic E-state index is -0.396. The van der Waals surface area contributed by atoms with E-state index < -0.39 is 5.56 Å². The summed E-state index contributed by atoms with van der Waals surface area (Å²) in [6.45, 7) is 4.83. The number of aromatic nitrogens is 4.